The van der Waals surface area contributed by atoms with E-state index in [-0.39, 0.29) is 0 Å². The topological polar surface area (TPSA) is 22.1 Å². The molecular formula is C6H4ClI2NO. The first-order valence-electron chi connectivity index (χ1n) is 2.70. The predicted molar refractivity (Wildman–Crippen MR) is 61.2 cm³/mol. The van der Waals surface area contributed by atoms with Crippen LogP contribution in [0.15, 0.2) is 6.07 Å². The summed E-state index contributed by atoms with van der Waals surface area (Å²) in [6.07, 6.45) is 0. The molecule has 0 spiro atoms. The Morgan fingerprint density at radius 3 is 2.64 bits per heavy atom. The van der Waals surface area contributed by atoms with Gasteiger partial charge >= 0.3 is 0 Å². The molecule has 0 amide bonds. The Morgan fingerprint density at radius 2 is 2.18 bits per heavy atom. The fourth-order valence-electron chi connectivity index (χ4n) is 0.627. The number of methoxy groups -OCH3 is 1. The van der Waals surface area contributed by atoms with E-state index < -0.39 is 0 Å². The van der Waals surface area contributed by atoms with Gasteiger partial charge in [0.15, 0.2) is 10.9 Å². The molecule has 1 heterocycles. The van der Waals surface area contributed by atoms with E-state index in [1.165, 1.54) is 0 Å². The molecule has 1 aromatic rings. The van der Waals surface area contributed by atoms with Crippen molar-refractivity contribution >= 4 is 56.8 Å². The highest BCUT2D eigenvalue weighted by Gasteiger charge is 2.07. The molecule has 0 saturated heterocycles. The van der Waals surface area contributed by atoms with Gasteiger partial charge in [-0.1, -0.05) is 11.6 Å². The maximum atomic E-state index is 5.79. The molecule has 11 heavy (non-hydrogen) atoms. The lowest BCUT2D eigenvalue weighted by Gasteiger charge is -2.04. The number of ether oxygens (including phenoxy) is 1. The zero-order chi connectivity index (χ0) is 8.43. The van der Waals surface area contributed by atoms with E-state index in [9.17, 15) is 0 Å². The van der Waals surface area contributed by atoms with Crippen molar-refractivity contribution in [2.24, 2.45) is 0 Å². The molecule has 0 aromatic carbocycles. The normalized spacial score (nSPS) is 9.82. The van der Waals surface area contributed by atoms with E-state index in [0.717, 1.165) is 7.27 Å². The monoisotopic (exact) mass is 395 g/mol. The Bertz CT molecular complexity index is 256. The Hall–Kier alpha value is 0.700. The van der Waals surface area contributed by atoms with Gasteiger partial charge in [-0.05, 0) is 51.2 Å². The summed E-state index contributed by atoms with van der Waals surface area (Å²) in [4.78, 5) is 4.03. The van der Waals surface area contributed by atoms with Crippen molar-refractivity contribution in [1.82, 2.24) is 4.98 Å². The summed E-state index contributed by atoms with van der Waals surface area (Å²) >= 11 is 10.1. The quantitative estimate of drug-likeness (QED) is 0.539. The number of hydrogen-bond acceptors (Lipinski definition) is 2. The standard InChI is InChI=1S/C6H4ClI2NO/c1-11-5-3(8)2-4(9)10-6(5)7/h2H,1H3. The summed E-state index contributed by atoms with van der Waals surface area (Å²) in [5.74, 6) is 0.646. The molecule has 0 aliphatic rings. The molecule has 0 atom stereocenters. The Labute approximate surface area is 97.0 Å². The van der Waals surface area contributed by atoms with Crippen molar-refractivity contribution < 1.29 is 4.74 Å². The van der Waals surface area contributed by atoms with Crippen LogP contribution in [0.2, 0.25) is 5.15 Å². The molecule has 2 nitrogen and oxygen atoms in total. The summed E-state index contributed by atoms with van der Waals surface area (Å²) < 4.78 is 6.88. The molecule has 0 fully saturated rings. The third-order valence-corrected chi connectivity index (χ3v) is 2.67. The van der Waals surface area contributed by atoms with Crippen LogP contribution in [0, 0.1) is 7.27 Å². The fourth-order valence-corrected chi connectivity index (χ4v) is 3.12. The van der Waals surface area contributed by atoms with Crippen molar-refractivity contribution in [1.29, 1.82) is 0 Å². The number of aromatic nitrogens is 1. The van der Waals surface area contributed by atoms with Crippen LogP contribution in [-0.2, 0) is 0 Å². The van der Waals surface area contributed by atoms with Gasteiger partial charge in [0.2, 0.25) is 0 Å². The van der Waals surface area contributed by atoms with Gasteiger partial charge in [-0.3, -0.25) is 0 Å². The molecule has 5 heteroatoms. The third kappa shape index (κ3) is 2.32. The van der Waals surface area contributed by atoms with Gasteiger partial charge in [0.1, 0.15) is 3.70 Å². The Morgan fingerprint density at radius 1 is 1.55 bits per heavy atom. The molecule has 0 radical (unpaired) electrons. The van der Waals surface area contributed by atoms with E-state index in [4.69, 9.17) is 16.3 Å². The SMILES string of the molecule is COc1c(I)cc(I)nc1Cl. The van der Waals surface area contributed by atoms with Crippen LogP contribution in [-0.4, -0.2) is 12.1 Å². The van der Waals surface area contributed by atoms with Gasteiger partial charge in [0, 0.05) is 0 Å². The first-order chi connectivity index (χ1) is 5.15. The summed E-state index contributed by atoms with van der Waals surface area (Å²) in [6.45, 7) is 0. The van der Waals surface area contributed by atoms with Crippen molar-refractivity contribution in [3.05, 3.63) is 18.5 Å². The lowest BCUT2D eigenvalue weighted by molar-refractivity contribution is 0.410. The van der Waals surface area contributed by atoms with Crippen molar-refractivity contribution in [2.45, 2.75) is 0 Å². The van der Waals surface area contributed by atoms with Crippen LogP contribution in [0.4, 0.5) is 0 Å². The second-order valence-electron chi connectivity index (χ2n) is 1.75. The minimum atomic E-state index is 0.420. The van der Waals surface area contributed by atoms with Crippen LogP contribution < -0.4 is 4.74 Å². The second-order valence-corrected chi connectivity index (χ2v) is 4.38. The number of rotatable bonds is 1. The number of hydrogen-bond donors (Lipinski definition) is 0. The molecule has 0 bridgehead atoms. The Balaban J connectivity index is 3.25. The molecule has 0 aliphatic carbocycles. The van der Waals surface area contributed by atoms with Gasteiger partial charge in [-0.25, -0.2) is 4.98 Å². The zero-order valence-corrected chi connectivity index (χ0v) is 10.6. The first-order valence-corrected chi connectivity index (χ1v) is 5.24. The van der Waals surface area contributed by atoms with Gasteiger partial charge in [0.05, 0.1) is 10.7 Å². The van der Waals surface area contributed by atoms with E-state index >= 15 is 0 Å². The van der Waals surface area contributed by atoms with Crippen molar-refractivity contribution in [2.75, 3.05) is 7.11 Å². The maximum Gasteiger partial charge on any atom is 0.173 e. The number of nitrogens with zero attached hydrogens (tertiary/aromatic N) is 1. The molecule has 60 valence electrons. The van der Waals surface area contributed by atoms with Crippen molar-refractivity contribution in [3.63, 3.8) is 0 Å². The van der Waals surface area contributed by atoms with Crippen LogP contribution in [0.3, 0.4) is 0 Å². The highest BCUT2D eigenvalue weighted by Crippen LogP contribution is 2.28. The summed E-state index contributed by atoms with van der Waals surface area (Å²) in [5.41, 5.74) is 0. The average molecular weight is 395 g/mol. The van der Waals surface area contributed by atoms with E-state index in [1.807, 2.05) is 6.07 Å². The van der Waals surface area contributed by atoms with Crippen LogP contribution in [0.25, 0.3) is 0 Å². The van der Waals surface area contributed by atoms with Crippen LogP contribution in [0.5, 0.6) is 5.75 Å². The summed E-state index contributed by atoms with van der Waals surface area (Å²) in [5, 5.41) is 0.420. The maximum absolute atomic E-state index is 5.79. The average Bonchev–Trinajstić information content (AvgIpc) is 1.85. The lowest BCUT2D eigenvalue weighted by atomic mass is 10.5. The minimum Gasteiger partial charge on any atom is -0.492 e. The lowest BCUT2D eigenvalue weighted by Crippen LogP contribution is -1.92. The summed E-state index contributed by atoms with van der Waals surface area (Å²) in [6, 6.07) is 1.91. The largest absolute Gasteiger partial charge is 0.492 e. The van der Waals surface area contributed by atoms with E-state index in [2.05, 4.69) is 50.2 Å². The zero-order valence-electron chi connectivity index (χ0n) is 5.57. The minimum absolute atomic E-state index is 0.420. The molecular weight excluding hydrogens is 391 g/mol. The highest BCUT2D eigenvalue weighted by molar-refractivity contribution is 14.1. The molecule has 0 N–H and O–H groups in total. The molecule has 0 unspecified atom stereocenters. The van der Waals surface area contributed by atoms with Gasteiger partial charge < -0.3 is 4.74 Å². The Kier molecular flexibility index (Phi) is 3.63. The molecule has 1 rings (SSSR count). The van der Waals surface area contributed by atoms with Gasteiger partial charge in [-0.2, -0.15) is 0 Å². The third-order valence-electron chi connectivity index (χ3n) is 1.06. The van der Waals surface area contributed by atoms with Crippen LogP contribution >= 0.6 is 56.8 Å². The summed E-state index contributed by atoms with van der Waals surface area (Å²) in [7, 11) is 1.58. The predicted octanol–water partition coefficient (Wildman–Crippen LogP) is 2.95. The molecule has 0 aliphatic heterocycles. The molecule has 0 saturated carbocycles. The first kappa shape index (κ1) is 9.79. The van der Waals surface area contributed by atoms with E-state index in [0.29, 0.717) is 10.9 Å². The van der Waals surface area contributed by atoms with Gasteiger partial charge in [-0.15, -0.1) is 0 Å². The van der Waals surface area contributed by atoms with Gasteiger partial charge in [0.25, 0.3) is 0 Å². The van der Waals surface area contributed by atoms with Crippen molar-refractivity contribution in [3.8, 4) is 5.75 Å². The van der Waals surface area contributed by atoms with E-state index in [1.54, 1.807) is 7.11 Å². The highest BCUT2D eigenvalue weighted by atomic mass is 127. The second kappa shape index (κ2) is 4.08. The fraction of sp³-hybridized carbons (Fsp3) is 0.167. The smallest absolute Gasteiger partial charge is 0.173 e. The van der Waals surface area contributed by atoms with Crippen LogP contribution in [0.1, 0.15) is 0 Å². The number of pyridine rings is 1. The number of halogens is 3. The molecule has 1 aromatic heterocycles.